The Morgan fingerprint density at radius 3 is 2.23 bits per heavy atom. The number of imidazole rings is 1. The van der Waals surface area contributed by atoms with Crippen molar-refractivity contribution in [3.63, 3.8) is 0 Å². The Labute approximate surface area is 256 Å². The summed E-state index contributed by atoms with van der Waals surface area (Å²) in [4.78, 5) is 7.57. The van der Waals surface area contributed by atoms with Crippen LogP contribution in [0.4, 0.5) is 8.78 Å². The summed E-state index contributed by atoms with van der Waals surface area (Å²) in [7, 11) is 0. The molecule has 6 rings (SSSR count). The molecule has 0 N–H and O–H groups in total. The number of hydrogen-bond donors (Lipinski definition) is 0. The molecule has 226 valence electrons. The quantitative estimate of drug-likeness (QED) is 0.137. The Bertz CT molecular complexity index is 1680. The van der Waals surface area contributed by atoms with Crippen LogP contribution in [0.25, 0.3) is 22.6 Å². The van der Waals surface area contributed by atoms with Crippen LogP contribution in [-0.2, 0) is 26.2 Å². The predicted molar refractivity (Wildman–Crippen MR) is 167 cm³/mol. The third kappa shape index (κ3) is 6.92. The highest BCUT2D eigenvalue weighted by atomic mass is 19.3. The number of fused-ring (bicyclic) bond motifs is 1. The van der Waals surface area contributed by atoms with E-state index in [1.165, 1.54) is 0 Å². The lowest BCUT2D eigenvalue weighted by Gasteiger charge is -2.25. The van der Waals surface area contributed by atoms with Gasteiger partial charge in [0.05, 0.1) is 11.4 Å². The minimum atomic E-state index is -2.88. The van der Waals surface area contributed by atoms with Crippen molar-refractivity contribution in [1.29, 1.82) is 0 Å². The molecule has 0 spiro atoms. The molecule has 0 atom stereocenters. The van der Waals surface area contributed by atoms with Gasteiger partial charge in [-0.25, -0.2) is 4.98 Å². The molecule has 44 heavy (non-hydrogen) atoms. The maximum atomic E-state index is 13.0. The van der Waals surface area contributed by atoms with Gasteiger partial charge < -0.3 is 18.8 Å². The summed E-state index contributed by atoms with van der Waals surface area (Å²) in [6, 6.07) is 33.5. The highest BCUT2D eigenvalue weighted by Crippen LogP contribution is 2.35. The Morgan fingerprint density at radius 2 is 1.50 bits per heavy atom. The Kier molecular flexibility index (Phi) is 9.17. The van der Waals surface area contributed by atoms with Crippen LogP contribution in [-0.4, -0.2) is 27.9 Å². The van der Waals surface area contributed by atoms with Gasteiger partial charge in [0.25, 0.3) is 0 Å². The zero-order valence-electron chi connectivity index (χ0n) is 24.7. The monoisotopic (exact) mass is 595 g/mol. The van der Waals surface area contributed by atoms with E-state index in [-0.39, 0.29) is 12.5 Å². The lowest BCUT2D eigenvalue weighted by molar-refractivity contribution is -0.0499. The minimum Gasteiger partial charge on any atom is -0.454 e. The minimum absolute atomic E-state index is 0.143. The molecule has 0 radical (unpaired) electrons. The Morgan fingerprint density at radius 1 is 0.795 bits per heavy atom. The number of nitrogens with zero attached hydrogens (tertiary/aromatic N) is 3. The van der Waals surface area contributed by atoms with Crippen molar-refractivity contribution in [2.45, 2.75) is 52.6 Å². The Hall–Kier alpha value is -4.69. The highest BCUT2D eigenvalue weighted by molar-refractivity contribution is 5.68. The van der Waals surface area contributed by atoms with E-state index in [1.54, 1.807) is 18.2 Å². The number of hydrogen-bond acceptors (Lipinski definition) is 5. The molecule has 0 amide bonds. The van der Waals surface area contributed by atoms with E-state index in [2.05, 4.69) is 40.7 Å². The van der Waals surface area contributed by atoms with Crippen LogP contribution < -0.4 is 14.2 Å². The lowest BCUT2D eigenvalue weighted by atomic mass is 10.1. The molecular formula is C36H35F2N3O3. The van der Waals surface area contributed by atoms with Crippen LogP contribution in [0.5, 0.6) is 17.2 Å². The van der Waals surface area contributed by atoms with Gasteiger partial charge in [-0.15, -0.1) is 0 Å². The summed E-state index contributed by atoms with van der Waals surface area (Å²) < 4.78 is 44.3. The van der Waals surface area contributed by atoms with Gasteiger partial charge in [0.15, 0.2) is 11.5 Å². The van der Waals surface area contributed by atoms with Crippen LogP contribution in [0.3, 0.4) is 0 Å². The van der Waals surface area contributed by atoms with Gasteiger partial charge in [-0.3, -0.25) is 4.90 Å². The smallest absolute Gasteiger partial charge is 0.387 e. The number of halogens is 2. The fourth-order valence-corrected chi connectivity index (χ4v) is 5.59. The summed E-state index contributed by atoms with van der Waals surface area (Å²) >= 11 is 0. The van der Waals surface area contributed by atoms with Crippen LogP contribution in [0.2, 0.25) is 0 Å². The molecule has 0 fully saturated rings. The fraction of sp³-hybridized carbons (Fsp3) is 0.250. The third-order valence-corrected chi connectivity index (χ3v) is 7.63. The zero-order chi connectivity index (χ0) is 30.3. The van der Waals surface area contributed by atoms with Crippen molar-refractivity contribution in [2.24, 2.45) is 0 Å². The molecule has 1 aliphatic heterocycles. The molecule has 1 aliphatic rings. The molecule has 5 aromatic rings. The van der Waals surface area contributed by atoms with Gasteiger partial charge in [-0.1, -0.05) is 92.2 Å². The normalized spacial score (nSPS) is 12.3. The number of unbranched alkanes of at least 4 members (excludes halogenated alkanes) is 1. The third-order valence-electron chi connectivity index (χ3n) is 7.63. The van der Waals surface area contributed by atoms with Crippen molar-refractivity contribution in [1.82, 2.24) is 14.5 Å². The maximum absolute atomic E-state index is 13.0. The predicted octanol–water partition coefficient (Wildman–Crippen LogP) is 8.55. The molecule has 6 nitrogen and oxygen atoms in total. The van der Waals surface area contributed by atoms with E-state index in [0.717, 1.165) is 70.4 Å². The standard InChI is InChI=1S/C36H35F2N3O3/c1-2-3-19-41-31(34(28-12-6-4-7-13-28)39-35(41)29-14-8-5-9-15-29)24-40(22-26-11-10-16-30(20-26)44-36(37)38)23-27-17-18-32-33(21-27)43-25-42-32/h4-18,20-21,36H,2-3,19,22-25H2,1H3. The van der Waals surface area contributed by atoms with Crippen molar-refractivity contribution >= 4 is 0 Å². The van der Waals surface area contributed by atoms with Crippen molar-refractivity contribution in [3.8, 4) is 39.9 Å². The number of ether oxygens (including phenoxy) is 3. The van der Waals surface area contributed by atoms with Gasteiger partial charge in [-0.2, -0.15) is 8.78 Å². The van der Waals surface area contributed by atoms with E-state index in [1.807, 2.05) is 60.7 Å². The molecule has 0 bridgehead atoms. The molecule has 0 saturated heterocycles. The van der Waals surface area contributed by atoms with Crippen LogP contribution >= 0.6 is 0 Å². The average molecular weight is 596 g/mol. The maximum Gasteiger partial charge on any atom is 0.387 e. The van der Waals surface area contributed by atoms with Gasteiger partial charge in [0.1, 0.15) is 11.6 Å². The average Bonchev–Trinajstić information content (AvgIpc) is 3.65. The van der Waals surface area contributed by atoms with E-state index in [0.29, 0.717) is 19.6 Å². The first-order chi connectivity index (χ1) is 21.6. The van der Waals surface area contributed by atoms with Gasteiger partial charge in [0, 0.05) is 37.3 Å². The molecule has 0 aliphatic carbocycles. The van der Waals surface area contributed by atoms with Crippen LogP contribution in [0.15, 0.2) is 103 Å². The topological polar surface area (TPSA) is 48.8 Å². The molecule has 2 heterocycles. The SMILES string of the molecule is CCCCn1c(-c2ccccc2)nc(-c2ccccc2)c1CN(Cc1cccc(OC(F)F)c1)Cc1ccc2c(c1)OCO2. The van der Waals surface area contributed by atoms with E-state index in [4.69, 9.17) is 19.2 Å². The fourth-order valence-electron chi connectivity index (χ4n) is 5.59. The van der Waals surface area contributed by atoms with Crippen LogP contribution in [0, 0.1) is 0 Å². The second-order valence-electron chi connectivity index (χ2n) is 10.8. The van der Waals surface area contributed by atoms with Gasteiger partial charge in [0.2, 0.25) is 6.79 Å². The van der Waals surface area contributed by atoms with Crippen molar-refractivity contribution in [2.75, 3.05) is 6.79 Å². The second kappa shape index (κ2) is 13.7. The lowest BCUT2D eigenvalue weighted by Crippen LogP contribution is -2.24. The van der Waals surface area contributed by atoms with E-state index < -0.39 is 6.61 Å². The van der Waals surface area contributed by atoms with E-state index in [9.17, 15) is 8.78 Å². The summed E-state index contributed by atoms with van der Waals surface area (Å²) in [5, 5.41) is 0. The van der Waals surface area contributed by atoms with Gasteiger partial charge >= 0.3 is 6.61 Å². The summed E-state index contributed by atoms with van der Waals surface area (Å²) in [5.74, 6) is 2.53. The van der Waals surface area contributed by atoms with Gasteiger partial charge in [-0.05, 0) is 41.8 Å². The second-order valence-corrected chi connectivity index (χ2v) is 10.8. The molecular weight excluding hydrogens is 560 g/mol. The summed E-state index contributed by atoms with van der Waals surface area (Å²) in [6.45, 7) is 2.00. The zero-order valence-corrected chi connectivity index (χ0v) is 24.7. The molecule has 4 aromatic carbocycles. The number of aromatic nitrogens is 2. The first-order valence-corrected chi connectivity index (χ1v) is 14.9. The highest BCUT2D eigenvalue weighted by Gasteiger charge is 2.23. The molecule has 1 aromatic heterocycles. The number of alkyl halides is 2. The Balaban J connectivity index is 1.43. The summed E-state index contributed by atoms with van der Waals surface area (Å²) in [5.41, 5.74) is 6.07. The summed E-state index contributed by atoms with van der Waals surface area (Å²) in [6.07, 6.45) is 2.05. The van der Waals surface area contributed by atoms with Crippen molar-refractivity contribution in [3.05, 3.63) is 120 Å². The van der Waals surface area contributed by atoms with Crippen molar-refractivity contribution < 1.29 is 23.0 Å². The molecule has 0 saturated carbocycles. The first-order valence-electron chi connectivity index (χ1n) is 14.9. The van der Waals surface area contributed by atoms with E-state index >= 15 is 0 Å². The molecule has 8 heteroatoms. The largest absolute Gasteiger partial charge is 0.454 e. The number of benzene rings is 4. The first kappa shape index (κ1) is 29.4. The number of rotatable bonds is 13. The van der Waals surface area contributed by atoms with Crippen LogP contribution in [0.1, 0.15) is 36.6 Å². The molecule has 0 unspecified atom stereocenters.